The van der Waals surface area contributed by atoms with E-state index in [0.29, 0.717) is 0 Å². The molecule has 3 nitrogen and oxygen atoms in total. The second-order valence-electron chi connectivity index (χ2n) is 4.41. The summed E-state index contributed by atoms with van der Waals surface area (Å²) in [6.07, 6.45) is 0. The number of rotatable bonds is 2. The van der Waals surface area contributed by atoms with Gasteiger partial charge in [0, 0.05) is 0 Å². The van der Waals surface area contributed by atoms with Crippen molar-refractivity contribution in [3.8, 4) is 0 Å². The lowest BCUT2D eigenvalue weighted by atomic mass is 9.98. The van der Waals surface area contributed by atoms with Gasteiger partial charge in [0.2, 0.25) is 0 Å². The van der Waals surface area contributed by atoms with Crippen LogP contribution in [0.2, 0.25) is 0 Å². The van der Waals surface area contributed by atoms with Gasteiger partial charge in [0.05, 0.1) is 17.9 Å². The smallest absolute Gasteiger partial charge is 0.252 e. The standard InChI is InChI=1S/C12H15FN2O/c1-12(2)11(16)15(8-7-13)10-6-4-3-5-9(10)14-12/h3-6,14H,7-8H2,1-2H3. The van der Waals surface area contributed by atoms with Crippen LogP contribution in [-0.2, 0) is 4.79 Å². The van der Waals surface area contributed by atoms with E-state index in [4.69, 9.17) is 0 Å². The molecular weight excluding hydrogens is 207 g/mol. The quantitative estimate of drug-likeness (QED) is 0.832. The van der Waals surface area contributed by atoms with E-state index in [9.17, 15) is 9.18 Å². The number of carbonyl (C=O) groups is 1. The molecular formula is C12H15FN2O. The number of nitrogens with zero attached hydrogens (tertiary/aromatic N) is 1. The summed E-state index contributed by atoms with van der Waals surface area (Å²) in [7, 11) is 0. The van der Waals surface area contributed by atoms with Crippen molar-refractivity contribution in [2.45, 2.75) is 19.4 Å². The molecule has 0 atom stereocenters. The van der Waals surface area contributed by atoms with Crippen molar-refractivity contribution >= 4 is 17.3 Å². The van der Waals surface area contributed by atoms with Gasteiger partial charge in [-0.1, -0.05) is 12.1 Å². The highest BCUT2D eigenvalue weighted by molar-refractivity contribution is 6.07. The van der Waals surface area contributed by atoms with E-state index >= 15 is 0 Å². The number of hydrogen-bond donors (Lipinski definition) is 1. The van der Waals surface area contributed by atoms with Gasteiger partial charge >= 0.3 is 0 Å². The number of halogens is 1. The van der Waals surface area contributed by atoms with Crippen LogP contribution in [-0.4, -0.2) is 24.7 Å². The number of hydrogen-bond acceptors (Lipinski definition) is 2. The van der Waals surface area contributed by atoms with Crippen molar-refractivity contribution < 1.29 is 9.18 Å². The molecule has 0 spiro atoms. The zero-order chi connectivity index (χ0) is 11.8. The van der Waals surface area contributed by atoms with Crippen molar-refractivity contribution in [2.24, 2.45) is 0 Å². The third kappa shape index (κ3) is 1.64. The maximum atomic E-state index is 12.5. The molecule has 0 aromatic heterocycles. The van der Waals surface area contributed by atoms with Crippen molar-refractivity contribution in [1.29, 1.82) is 0 Å². The number of fused-ring (bicyclic) bond motifs is 1. The Bertz CT molecular complexity index is 417. The van der Waals surface area contributed by atoms with Crippen molar-refractivity contribution in [3.63, 3.8) is 0 Å². The van der Waals surface area contributed by atoms with Crippen LogP contribution in [0.1, 0.15) is 13.8 Å². The highest BCUT2D eigenvalue weighted by Gasteiger charge is 2.37. The van der Waals surface area contributed by atoms with E-state index in [1.807, 2.05) is 24.3 Å². The minimum absolute atomic E-state index is 0.0937. The van der Waals surface area contributed by atoms with Gasteiger partial charge in [-0.05, 0) is 26.0 Å². The molecule has 16 heavy (non-hydrogen) atoms. The zero-order valence-electron chi connectivity index (χ0n) is 9.46. The van der Waals surface area contributed by atoms with Crippen LogP contribution >= 0.6 is 0 Å². The molecule has 1 N–H and O–H groups in total. The lowest BCUT2D eigenvalue weighted by molar-refractivity contribution is -0.122. The zero-order valence-corrected chi connectivity index (χ0v) is 9.46. The Balaban J connectivity index is 2.47. The van der Waals surface area contributed by atoms with Crippen LogP contribution in [0, 0.1) is 0 Å². The maximum absolute atomic E-state index is 12.5. The Kier molecular flexibility index (Phi) is 2.58. The van der Waals surface area contributed by atoms with E-state index in [-0.39, 0.29) is 12.5 Å². The second-order valence-corrected chi connectivity index (χ2v) is 4.41. The Morgan fingerprint density at radius 3 is 2.75 bits per heavy atom. The molecule has 0 bridgehead atoms. The molecule has 0 fully saturated rings. The SMILES string of the molecule is CC1(C)Nc2ccccc2N(CCF)C1=O. The molecule has 0 saturated carbocycles. The molecule has 0 unspecified atom stereocenters. The van der Waals surface area contributed by atoms with Gasteiger partial charge in [0.1, 0.15) is 12.2 Å². The highest BCUT2D eigenvalue weighted by atomic mass is 19.1. The fraction of sp³-hybridized carbons (Fsp3) is 0.417. The Morgan fingerprint density at radius 1 is 1.38 bits per heavy atom. The van der Waals surface area contributed by atoms with E-state index in [0.717, 1.165) is 11.4 Å². The van der Waals surface area contributed by atoms with Crippen molar-refractivity contribution in [1.82, 2.24) is 0 Å². The van der Waals surface area contributed by atoms with E-state index in [1.165, 1.54) is 4.90 Å². The average Bonchev–Trinajstić information content (AvgIpc) is 2.24. The number of benzene rings is 1. The fourth-order valence-corrected chi connectivity index (χ4v) is 1.96. The third-order valence-corrected chi connectivity index (χ3v) is 2.73. The molecule has 0 saturated heterocycles. The molecule has 1 aromatic carbocycles. The molecule has 1 aromatic rings. The molecule has 1 amide bonds. The van der Waals surface area contributed by atoms with Crippen LogP contribution in [0.15, 0.2) is 24.3 Å². The summed E-state index contributed by atoms with van der Waals surface area (Å²) >= 11 is 0. The van der Waals surface area contributed by atoms with Crippen LogP contribution in [0.3, 0.4) is 0 Å². The van der Waals surface area contributed by atoms with Gasteiger partial charge in [-0.3, -0.25) is 4.79 Å². The van der Waals surface area contributed by atoms with Crippen molar-refractivity contribution in [2.75, 3.05) is 23.4 Å². The minimum atomic E-state index is -0.677. The average molecular weight is 222 g/mol. The molecule has 1 aliphatic heterocycles. The topological polar surface area (TPSA) is 32.3 Å². The first kappa shape index (κ1) is 10.9. The van der Waals surface area contributed by atoms with E-state index < -0.39 is 12.2 Å². The van der Waals surface area contributed by atoms with Gasteiger partial charge in [-0.2, -0.15) is 0 Å². The summed E-state index contributed by atoms with van der Waals surface area (Å²) in [5, 5.41) is 3.16. The van der Waals surface area contributed by atoms with Gasteiger partial charge in [0.15, 0.2) is 0 Å². The number of amides is 1. The van der Waals surface area contributed by atoms with Crippen LogP contribution < -0.4 is 10.2 Å². The molecule has 1 heterocycles. The highest BCUT2D eigenvalue weighted by Crippen LogP contribution is 2.34. The maximum Gasteiger partial charge on any atom is 0.252 e. The molecule has 4 heteroatoms. The molecule has 0 aliphatic carbocycles. The number of anilines is 2. The van der Waals surface area contributed by atoms with E-state index in [1.54, 1.807) is 13.8 Å². The predicted octanol–water partition coefficient (Wildman–Crippen LogP) is 2.19. The largest absolute Gasteiger partial charge is 0.370 e. The normalized spacial score (nSPS) is 17.9. The molecule has 86 valence electrons. The number of carbonyl (C=O) groups excluding carboxylic acids is 1. The van der Waals surface area contributed by atoms with E-state index in [2.05, 4.69) is 5.32 Å². The lowest BCUT2D eigenvalue weighted by Crippen LogP contribution is -2.54. The number of alkyl halides is 1. The first-order valence-corrected chi connectivity index (χ1v) is 5.31. The fourth-order valence-electron chi connectivity index (χ4n) is 1.96. The monoisotopic (exact) mass is 222 g/mol. The van der Waals surface area contributed by atoms with Gasteiger partial charge in [0.25, 0.3) is 5.91 Å². The summed E-state index contributed by atoms with van der Waals surface area (Å²) in [6.45, 7) is 3.18. The summed E-state index contributed by atoms with van der Waals surface area (Å²) in [6, 6.07) is 7.46. The molecule has 0 radical (unpaired) electrons. The summed E-state index contributed by atoms with van der Waals surface area (Å²) in [5.41, 5.74) is 0.953. The minimum Gasteiger partial charge on any atom is -0.370 e. The summed E-state index contributed by atoms with van der Waals surface area (Å²) in [4.78, 5) is 13.6. The number of nitrogens with one attached hydrogen (secondary N) is 1. The summed E-state index contributed by atoms with van der Waals surface area (Å²) in [5.74, 6) is -0.0937. The predicted molar refractivity (Wildman–Crippen MR) is 62.5 cm³/mol. The third-order valence-electron chi connectivity index (χ3n) is 2.73. The first-order chi connectivity index (χ1) is 7.56. The van der Waals surface area contributed by atoms with Crippen LogP contribution in [0.4, 0.5) is 15.8 Å². The molecule has 1 aliphatic rings. The first-order valence-electron chi connectivity index (χ1n) is 5.31. The molecule has 2 rings (SSSR count). The van der Waals surface area contributed by atoms with Crippen molar-refractivity contribution in [3.05, 3.63) is 24.3 Å². The van der Waals surface area contributed by atoms with Crippen LogP contribution in [0.25, 0.3) is 0 Å². The van der Waals surface area contributed by atoms with Crippen LogP contribution in [0.5, 0.6) is 0 Å². The number of para-hydroxylation sites is 2. The Hall–Kier alpha value is -1.58. The Labute approximate surface area is 94.3 Å². The lowest BCUT2D eigenvalue weighted by Gasteiger charge is -2.39. The summed E-state index contributed by atoms with van der Waals surface area (Å²) < 4.78 is 12.5. The Morgan fingerprint density at radius 2 is 2.06 bits per heavy atom. The van der Waals surface area contributed by atoms with Gasteiger partial charge in [-0.15, -0.1) is 0 Å². The van der Waals surface area contributed by atoms with Gasteiger partial charge in [-0.25, -0.2) is 4.39 Å². The second kappa shape index (κ2) is 3.77. The van der Waals surface area contributed by atoms with Gasteiger partial charge < -0.3 is 10.2 Å².